The van der Waals surface area contributed by atoms with Crippen LogP contribution in [0.1, 0.15) is 102 Å². The lowest BCUT2D eigenvalue weighted by Gasteiger charge is -2.38. The van der Waals surface area contributed by atoms with Crippen LogP contribution in [-0.4, -0.2) is 37.7 Å². The van der Waals surface area contributed by atoms with Gasteiger partial charge in [-0.15, -0.1) is 0 Å². The van der Waals surface area contributed by atoms with E-state index in [0.717, 1.165) is 57.3 Å². The van der Waals surface area contributed by atoms with Crippen LogP contribution in [0.4, 0.5) is 0 Å². The number of rotatable bonds is 18. The Balaban J connectivity index is 1.86. The van der Waals surface area contributed by atoms with Crippen molar-refractivity contribution in [2.75, 3.05) is 13.2 Å². The van der Waals surface area contributed by atoms with E-state index in [1.165, 1.54) is 0 Å². The minimum absolute atomic E-state index is 0.293. The lowest BCUT2D eigenvalue weighted by atomic mass is 9.66. The van der Waals surface area contributed by atoms with Crippen LogP contribution < -0.4 is 18.9 Å². The molecule has 0 saturated heterocycles. The largest absolute Gasteiger partial charge is 0.493 e. The van der Waals surface area contributed by atoms with E-state index < -0.39 is 29.9 Å². The van der Waals surface area contributed by atoms with Crippen LogP contribution in [0.25, 0.3) is 11.1 Å². The van der Waals surface area contributed by atoms with Crippen molar-refractivity contribution in [1.82, 2.24) is 0 Å². The average Bonchev–Trinajstić information content (AvgIpc) is 3.45. The highest BCUT2D eigenvalue weighted by molar-refractivity contribution is 5.89. The van der Waals surface area contributed by atoms with E-state index in [2.05, 4.69) is 87.7 Å². The quantitative estimate of drug-likeness (QED) is 0.0497. The fourth-order valence-electron chi connectivity index (χ4n) is 7.49. The lowest BCUT2D eigenvalue weighted by Crippen LogP contribution is -2.31. The van der Waals surface area contributed by atoms with Gasteiger partial charge in [0.25, 0.3) is 0 Å². The first-order valence-electron chi connectivity index (χ1n) is 19.3. The average molecular weight is 747 g/mol. The highest BCUT2D eigenvalue weighted by Gasteiger charge is 2.50. The van der Waals surface area contributed by atoms with Gasteiger partial charge in [0, 0.05) is 47.2 Å². The molecule has 55 heavy (non-hydrogen) atoms. The molecule has 0 fully saturated rings. The van der Waals surface area contributed by atoms with Gasteiger partial charge in [-0.2, -0.15) is 0 Å². The van der Waals surface area contributed by atoms with E-state index in [1.807, 2.05) is 26.0 Å². The van der Waals surface area contributed by atoms with Gasteiger partial charge in [0.05, 0.1) is 18.6 Å². The van der Waals surface area contributed by atoms with Crippen molar-refractivity contribution < 1.29 is 38.0 Å². The molecule has 4 aromatic carbocycles. The van der Waals surface area contributed by atoms with Gasteiger partial charge in [-0.3, -0.25) is 0 Å². The Morgan fingerprint density at radius 2 is 0.964 bits per heavy atom. The molecule has 0 bridgehead atoms. The molecule has 2 unspecified atom stereocenters. The predicted octanol–water partition coefficient (Wildman–Crippen LogP) is 10.4. The Labute approximate surface area is 326 Å². The maximum absolute atomic E-state index is 12.4. The van der Waals surface area contributed by atoms with Gasteiger partial charge < -0.3 is 28.4 Å². The van der Waals surface area contributed by atoms with Crippen molar-refractivity contribution in [3.63, 3.8) is 0 Å². The number of carbonyl (C=O) groups is 2. The second-order valence-electron chi connectivity index (χ2n) is 13.8. The van der Waals surface area contributed by atoms with Crippen LogP contribution in [0.5, 0.6) is 23.0 Å². The molecule has 0 spiro atoms. The van der Waals surface area contributed by atoms with Crippen molar-refractivity contribution >= 4 is 11.9 Å². The van der Waals surface area contributed by atoms with Gasteiger partial charge in [-0.25, -0.2) is 9.59 Å². The van der Waals surface area contributed by atoms with Gasteiger partial charge in [0.15, 0.2) is 0 Å². The minimum Gasteiger partial charge on any atom is -0.493 e. The summed E-state index contributed by atoms with van der Waals surface area (Å²) in [6, 6.07) is 25.1. The monoisotopic (exact) mass is 746 g/mol. The molecule has 8 nitrogen and oxygen atoms in total. The number of benzene rings is 4. The zero-order valence-electron chi connectivity index (χ0n) is 33.5. The Morgan fingerprint density at radius 1 is 0.582 bits per heavy atom. The topological polar surface area (TPSA) is 89.5 Å². The molecule has 290 valence electrons. The minimum atomic E-state index is -0.916. The van der Waals surface area contributed by atoms with Gasteiger partial charge in [0.2, 0.25) is 12.6 Å². The molecule has 5 rings (SSSR count). The third-order valence-corrected chi connectivity index (χ3v) is 9.60. The van der Waals surface area contributed by atoms with Crippen molar-refractivity contribution in [1.29, 1.82) is 0 Å². The van der Waals surface area contributed by atoms with Crippen LogP contribution >= 0.6 is 0 Å². The van der Waals surface area contributed by atoms with Gasteiger partial charge in [-0.05, 0) is 74.9 Å². The first-order chi connectivity index (χ1) is 26.4. The Morgan fingerprint density at radius 3 is 1.31 bits per heavy atom. The van der Waals surface area contributed by atoms with Crippen LogP contribution in [0.3, 0.4) is 0 Å². The molecule has 2 atom stereocenters. The van der Waals surface area contributed by atoms with Gasteiger partial charge >= 0.3 is 11.9 Å². The summed E-state index contributed by atoms with van der Waals surface area (Å²) in [6.07, 6.45) is 1.18. The fourth-order valence-corrected chi connectivity index (χ4v) is 7.49. The Kier molecular flexibility index (Phi) is 13.1. The maximum Gasteiger partial charge on any atom is 0.336 e. The first-order valence-corrected chi connectivity index (χ1v) is 19.3. The molecule has 0 aliphatic heterocycles. The van der Waals surface area contributed by atoms with Crippen LogP contribution in [0.15, 0.2) is 97.1 Å². The number of hydrogen-bond donors (Lipinski definition) is 0. The van der Waals surface area contributed by atoms with Crippen molar-refractivity contribution in [3.8, 4) is 34.1 Å². The maximum atomic E-state index is 12.4. The lowest BCUT2D eigenvalue weighted by molar-refractivity contribution is -0.157. The highest BCUT2D eigenvalue weighted by atomic mass is 16.7. The third kappa shape index (κ3) is 8.00. The second kappa shape index (κ2) is 17.8. The zero-order valence-corrected chi connectivity index (χ0v) is 33.5. The van der Waals surface area contributed by atoms with Crippen molar-refractivity contribution in [3.05, 3.63) is 130 Å². The molecule has 0 saturated carbocycles. The summed E-state index contributed by atoms with van der Waals surface area (Å²) in [4.78, 5) is 24.9. The third-order valence-electron chi connectivity index (χ3n) is 9.60. The van der Waals surface area contributed by atoms with Crippen molar-refractivity contribution in [2.24, 2.45) is 0 Å². The molecule has 1 aliphatic carbocycles. The Hall–Kier alpha value is -5.50. The molecule has 0 amide bonds. The number of hydrogen-bond acceptors (Lipinski definition) is 8. The SMILES string of the molecule is C=C(C)C(=O)OC(C)Oc1ccc(C2(c3ccc(OC(C)OC(=O)C(=C)C)c(CCC)c3OCC)c3ccccc3-c3ccccc32)c(OCC)c1CCC. The molecule has 0 heterocycles. The summed E-state index contributed by atoms with van der Waals surface area (Å²) in [7, 11) is 0. The van der Waals surface area contributed by atoms with Crippen LogP contribution in [0, 0.1) is 0 Å². The van der Waals surface area contributed by atoms with E-state index in [1.54, 1.807) is 27.7 Å². The van der Waals surface area contributed by atoms with E-state index in [4.69, 9.17) is 28.4 Å². The van der Waals surface area contributed by atoms with Gasteiger partial charge in [0.1, 0.15) is 23.0 Å². The number of carbonyl (C=O) groups excluding carboxylic acids is 2. The smallest absolute Gasteiger partial charge is 0.336 e. The summed E-state index contributed by atoms with van der Waals surface area (Å²) in [6.45, 7) is 23.0. The van der Waals surface area contributed by atoms with Crippen LogP contribution in [-0.2, 0) is 37.3 Å². The second-order valence-corrected chi connectivity index (χ2v) is 13.8. The van der Waals surface area contributed by atoms with E-state index in [9.17, 15) is 9.59 Å². The molecular weight excluding hydrogens is 693 g/mol. The normalized spacial score (nSPS) is 13.5. The molecule has 0 aromatic heterocycles. The molecule has 0 N–H and O–H groups in total. The fraction of sp³-hybridized carbons (Fsp3) is 0.362. The van der Waals surface area contributed by atoms with E-state index in [-0.39, 0.29) is 0 Å². The Bertz CT molecular complexity index is 1910. The number of esters is 2. The number of ether oxygens (including phenoxy) is 6. The molecule has 8 heteroatoms. The zero-order chi connectivity index (χ0) is 39.9. The van der Waals surface area contributed by atoms with E-state index >= 15 is 0 Å². The van der Waals surface area contributed by atoms with Crippen LogP contribution in [0.2, 0.25) is 0 Å². The molecule has 4 aromatic rings. The standard InChI is InChI=1S/C47H54O8/c1-11-19-35-41(52-31(9)54-45(48)29(5)6)27-25-39(43(35)50-13-3)47(37-23-17-15-21-33(37)34-22-16-18-24-38(34)47)40-26-28-42(36(20-12-2)44(40)51-14-4)53-32(10)55-46(49)30(7)8/h15-18,21-28,31-32H,5,7,11-14,19-20H2,1-4,6,8-10H3. The van der Waals surface area contributed by atoms with Gasteiger partial charge in [-0.1, -0.05) is 101 Å². The predicted molar refractivity (Wildman–Crippen MR) is 216 cm³/mol. The number of fused-ring (bicyclic) bond motifs is 3. The summed E-state index contributed by atoms with van der Waals surface area (Å²) >= 11 is 0. The highest BCUT2D eigenvalue weighted by Crippen LogP contribution is 2.61. The molecular formula is C47H54O8. The summed E-state index contributed by atoms with van der Waals surface area (Å²) in [5.74, 6) is 1.51. The first kappa shape index (κ1) is 40.7. The summed E-state index contributed by atoms with van der Waals surface area (Å²) in [5.41, 5.74) is 7.66. The summed E-state index contributed by atoms with van der Waals surface area (Å²) in [5, 5.41) is 0. The molecule has 1 aliphatic rings. The van der Waals surface area contributed by atoms with Crippen molar-refractivity contribution in [2.45, 2.75) is 99.1 Å². The molecule has 0 radical (unpaired) electrons. The van der Waals surface area contributed by atoms with E-state index in [0.29, 0.717) is 60.2 Å². The summed E-state index contributed by atoms with van der Waals surface area (Å²) < 4.78 is 37.3.